The molecule has 1 atom stereocenters. The van der Waals surface area contributed by atoms with E-state index in [0.29, 0.717) is 5.92 Å². The molecule has 5 heteroatoms. The van der Waals surface area contributed by atoms with Gasteiger partial charge in [-0.15, -0.1) is 0 Å². The molecule has 0 aliphatic carbocycles. The van der Waals surface area contributed by atoms with Crippen molar-refractivity contribution < 1.29 is 0 Å². The maximum Gasteiger partial charge on any atom is 0.138 e. The van der Waals surface area contributed by atoms with Crippen molar-refractivity contribution >= 4 is 5.69 Å². The summed E-state index contributed by atoms with van der Waals surface area (Å²) in [5.41, 5.74) is 2.15. The maximum absolute atomic E-state index is 4.20. The monoisotopic (exact) mass is 257 g/mol. The molecule has 1 saturated heterocycles. The summed E-state index contributed by atoms with van der Waals surface area (Å²) in [6.07, 6.45) is 5.85. The van der Waals surface area contributed by atoms with E-state index in [1.54, 1.807) is 17.3 Å². The van der Waals surface area contributed by atoms with E-state index in [1.807, 2.05) is 12.1 Å². The van der Waals surface area contributed by atoms with Gasteiger partial charge >= 0.3 is 0 Å². The zero-order valence-corrected chi connectivity index (χ0v) is 10.9. The average molecular weight is 257 g/mol. The van der Waals surface area contributed by atoms with Crippen LogP contribution in [0, 0.1) is 5.92 Å². The molecular formula is C14H19N5. The van der Waals surface area contributed by atoms with Crippen molar-refractivity contribution in [1.29, 1.82) is 0 Å². The molecule has 0 amide bonds. The summed E-state index contributed by atoms with van der Waals surface area (Å²) in [5, 5.41) is 11.2. The van der Waals surface area contributed by atoms with Gasteiger partial charge in [0.2, 0.25) is 0 Å². The van der Waals surface area contributed by atoms with Crippen LogP contribution in [0.4, 0.5) is 5.69 Å². The van der Waals surface area contributed by atoms with Gasteiger partial charge in [-0.1, -0.05) is 12.1 Å². The number of benzene rings is 1. The van der Waals surface area contributed by atoms with Crippen LogP contribution in [0.3, 0.4) is 0 Å². The largest absolute Gasteiger partial charge is 0.383 e. The number of piperidine rings is 1. The number of aromatic nitrogens is 3. The first kappa shape index (κ1) is 12.2. The van der Waals surface area contributed by atoms with Gasteiger partial charge < -0.3 is 10.6 Å². The van der Waals surface area contributed by atoms with Gasteiger partial charge in [0.1, 0.15) is 12.7 Å². The standard InChI is InChI=1S/C14H19N5/c1-2-6-14(19-11-16-10-18-19)13(5-1)17-9-12-4-3-7-15-8-12/h1-2,5-6,10-12,15,17H,3-4,7-9H2. The van der Waals surface area contributed by atoms with Crippen molar-refractivity contribution in [3.8, 4) is 5.69 Å². The van der Waals surface area contributed by atoms with Gasteiger partial charge in [0, 0.05) is 6.54 Å². The Kier molecular flexibility index (Phi) is 3.74. The van der Waals surface area contributed by atoms with Gasteiger partial charge in [0.25, 0.3) is 0 Å². The summed E-state index contributed by atoms with van der Waals surface area (Å²) in [7, 11) is 0. The van der Waals surface area contributed by atoms with Crippen LogP contribution in [0.25, 0.3) is 5.69 Å². The summed E-state index contributed by atoms with van der Waals surface area (Å²) < 4.78 is 1.79. The van der Waals surface area contributed by atoms with E-state index >= 15 is 0 Å². The molecule has 0 spiro atoms. The second kappa shape index (κ2) is 5.84. The van der Waals surface area contributed by atoms with Crippen molar-refractivity contribution in [2.45, 2.75) is 12.8 Å². The minimum Gasteiger partial charge on any atom is -0.383 e. The third-order valence-electron chi connectivity index (χ3n) is 3.55. The van der Waals surface area contributed by atoms with Gasteiger partial charge in [-0.25, -0.2) is 9.67 Å². The SMILES string of the molecule is c1ccc(-n2cncn2)c(NCC2CCCNC2)c1. The van der Waals surface area contributed by atoms with E-state index in [9.17, 15) is 0 Å². The molecule has 1 aliphatic heterocycles. The lowest BCUT2D eigenvalue weighted by molar-refractivity contribution is 0.393. The molecule has 19 heavy (non-hydrogen) atoms. The van der Waals surface area contributed by atoms with E-state index in [-0.39, 0.29) is 0 Å². The van der Waals surface area contributed by atoms with E-state index < -0.39 is 0 Å². The fraction of sp³-hybridized carbons (Fsp3) is 0.429. The van der Waals surface area contributed by atoms with Gasteiger partial charge in [0.15, 0.2) is 0 Å². The van der Waals surface area contributed by atoms with Gasteiger partial charge in [-0.2, -0.15) is 5.10 Å². The third-order valence-corrected chi connectivity index (χ3v) is 3.55. The maximum atomic E-state index is 4.20. The first-order valence-corrected chi connectivity index (χ1v) is 6.82. The van der Waals surface area contributed by atoms with Crippen LogP contribution in [0.15, 0.2) is 36.9 Å². The molecule has 1 unspecified atom stereocenters. The highest BCUT2D eigenvalue weighted by Gasteiger charge is 2.13. The summed E-state index contributed by atoms with van der Waals surface area (Å²) in [4.78, 5) is 4.00. The zero-order valence-electron chi connectivity index (χ0n) is 10.9. The topological polar surface area (TPSA) is 54.8 Å². The van der Waals surface area contributed by atoms with Gasteiger partial charge in [0.05, 0.1) is 11.4 Å². The highest BCUT2D eigenvalue weighted by atomic mass is 15.3. The number of hydrogen-bond acceptors (Lipinski definition) is 4. The smallest absolute Gasteiger partial charge is 0.138 e. The van der Waals surface area contributed by atoms with Crippen LogP contribution in [0.2, 0.25) is 0 Å². The predicted molar refractivity (Wildman–Crippen MR) is 75.4 cm³/mol. The van der Waals surface area contributed by atoms with Crippen LogP contribution in [-0.2, 0) is 0 Å². The average Bonchev–Trinajstić information content (AvgIpc) is 3.01. The second-order valence-corrected chi connectivity index (χ2v) is 4.95. The molecule has 0 saturated carbocycles. The number of rotatable bonds is 4. The van der Waals surface area contributed by atoms with E-state index in [0.717, 1.165) is 31.0 Å². The van der Waals surface area contributed by atoms with Gasteiger partial charge in [-0.05, 0) is 44.0 Å². The number of hydrogen-bond donors (Lipinski definition) is 2. The Labute approximate surface area is 113 Å². The summed E-state index contributed by atoms with van der Waals surface area (Å²) in [6.45, 7) is 3.27. The Balaban J connectivity index is 1.70. The number of anilines is 1. The molecule has 2 heterocycles. The van der Waals surface area contributed by atoms with Crippen molar-refractivity contribution in [3.63, 3.8) is 0 Å². The molecule has 2 N–H and O–H groups in total. The van der Waals surface area contributed by atoms with Crippen LogP contribution in [0.5, 0.6) is 0 Å². The third kappa shape index (κ3) is 2.93. The number of para-hydroxylation sites is 2. The Morgan fingerprint density at radius 2 is 2.32 bits per heavy atom. The lowest BCUT2D eigenvalue weighted by Crippen LogP contribution is -2.33. The van der Waals surface area contributed by atoms with Crippen LogP contribution in [-0.4, -0.2) is 34.4 Å². The molecule has 2 aromatic rings. The Morgan fingerprint density at radius 3 is 3.11 bits per heavy atom. The molecule has 0 radical (unpaired) electrons. The molecule has 100 valence electrons. The van der Waals surface area contributed by atoms with Crippen LogP contribution >= 0.6 is 0 Å². The molecule has 1 fully saturated rings. The highest BCUT2D eigenvalue weighted by Crippen LogP contribution is 2.20. The van der Waals surface area contributed by atoms with Crippen molar-refractivity contribution in [3.05, 3.63) is 36.9 Å². The zero-order chi connectivity index (χ0) is 12.9. The summed E-state index contributed by atoms with van der Waals surface area (Å²) in [6, 6.07) is 8.20. The van der Waals surface area contributed by atoms with E-state index in [1.165, 1.54) is 12.8 Å². The summed E-state index contributed by atoms with van der Waals surface area (Å²) in [5.74, 6) is 0.706. The first-order valence-electron chi connectivity index (χ1n) is 6.82. The lowest BCUT2D eigenvalue weighted by Gasteiger charge is -2.24. The first-order chi connectivity index (χ1) is 9.43. The second-order valence-electron chi connectivity index (χ2n) is 4.95. The molecule has 1 aromatic heterocycles. The minimum atomic E-state index is 0.706. The lowest BCUT2D eigenvalue weighted by atomic mass is 9.99. The van der Waals surface area contributed by atoms with E-state index in [4.69, 9.17) is 0 Å². The predicted octanol–water partition coefficient (Wildman–Crippen LogP) is 1.68. The molecule has 5 nitrogen and oxygen atoms in total. The normalized spacial score (nSPS) is 19.3. The minimum absolute atomic E-state index is 0.706. The fourth-order valence-electron chi connectivity index (χ4n) is 2.51. The fourth-order valence-corrected chi connectivity index (χ4v) is 2.51. The molecular weight excluding hydrogens is 238 g/mol. The Hall–Kier alpha value is -1.88. The van der Waals surface area contributed by atoms with Gasteiger partial charge in [-0.3, -0.25) is 0 Å². The van der Waals surface area contributed by atoms with Crippen LogP contribution in [0.1, 0.15) is 12.8 Å². The van der Waals surface area contributed by atoms with Crippen LogP contribution < -0.4 is 10.6 Å². The molecule has 1 aliphatic rings. The Morgan fingerprint density at radius 1 is 1.37 bits per heavy atom. The number of nitrogens with zero attached hydrogens (tertiary/aromatic N) is 3. The van der Waals surface area contributed by atoms with Crippen molar-refractivity contribution in [1.82, 2.24) is 20.1 Å². The van der Waals surface area contributed by atoms with Crippen molar-refractivity contribution in [2.75, 3.05) is 25.0 Å². The van der Waals surface area contributed by atoms with E-state index in [2.05, 4.69) is 32.8 Å². The molecule has 3 rings (SSSR count). The Bertz CT molecular complexity index is 502. The summed E-state index contributed by atoms with van der Waals surface area (Å²) >= 11 is 0. The highest BCUT2D eigenvalue weighted by molar-refractivity contribution is 5.60. The molecule has 1 aromatic carbocycles. The quantitative estimate of drug-likeness (QED) is 0.875. The number of nitrogens with one attached hydrogen (secondary N) is 2. The van der Waals surface area contributed by atoms with Crippen molar-refractivity contribution in [2.24, 2.45) is 5.92 Å². The molecule has 0 bridgehead atoms.